The zero-order valence-corrected chi connectivity index (χ0v) is 16.7. The molecule has 144 valence electrons. The van der Waals surface area contributed by atoms with Crippen molar-refractivity contribution in [2.45, 2.75) is 27.7 Å². The molecule has 3 rings (SSSR count). The number of aromatic nitrogens is 1. The third-order valence-electron chi connectivity index (χ3n) is 4.67. The summed E-state index contributed by atoms with van der Waals surface area (Å²) in [6, 6.07) is 17.9. The average Bonchev–Trinajstić information content (AvgIpc) is 2.95. The molecular formula is C23H25N3O2. The Balaban J connectivity index is 1.65. The number of hydrazone groups is 1. The van der Waals surface area contributed by atoms with E-state index in [-0.39, 0.29) is 12.5 Å². The van der Waals surface area contributed by atoms with E-state index in [2.05, 4.69) is 47.1 Å². The second-order valence-electron chi connectivity index (χ2n) is 6.80. The zero-order valence-electron chi connectivity index (χ0n) is 16.7. The molecule has 0 spiro atoms. The molecule has 1 amide bonds. The van der Waals surface area contributed by atoms with Gasteiger partial charge in [0.1, 0.15) is 5.75 Å². The molecule has 28 heavy (non-hydrogen) atoms. The van der Waals surface area contributed by atoms with Gasteiger partial charge in [0, 0.05) is 22.6 Å². The number of aryl methyl sites for hydroxylation is 3. The molecule has 1 heterocycles. The molecule has 0 atom stereocenters. The fourth-order valence-corrected chi connectivity index (χ4v) is 3.17. The highest BCUT2D eigenvalue weighted by atomic mass is 16.5. The number of carbonyl (C=O) groups excluding carboxylic acids is 1. The first kappa shape index (κ1) is 19.4. The molecular weight excluding hydrogens is 350 g/mol. The molecule has 1 aromatic heterocycles. The summed E-state index contributed by atoms with van der Waals surface area (Å²) in [6.45, 7) is 8.06. The van der Waals surface area contributed by atoms with Crippen LogP contribution < -0.4 is 10.2 Å². The summed E-state index contributed by atoms with van der Waals surface area (Å²) in [5, 5.41) is 4.09. The normalized spacial score (nSPS) is 11.0. The molecule has 0 fully saturated rings. The predicted octanol–water partition coefficient (Wildman–Crippen LogP) is 4.24. The smallest absolute Gasteiger partial charge is 0.277 e. The van der Waals surface area contributed by atoms with Crippen molar-refractivity contribution in [1.82, 2.24) is 9.99 Å². The van der Waals surface area contributed by atoms with Gasteiger partial charge in [-0.05, 0) is 57.0 Å². The Morgan fingerprint density at radius 3 is 2.43 bits per heavy atom. The van der Waals surface area contributed by atoms with E-state index in [1.807, 2.05) is 50.2 Å². The summed E-state index contributed by atoms with van der Waals surface area (Å²) in [7, 11) is 0. The van der Waals surface area contributed by atoms with Crippen LogP contribution in [0.4, 0.5) is 0 Å². The molecule has 1 N–H and O–H groups in total. The maximum Gasteiger partial charge on any atom is 0.277 e. The minimum absolute atomic E-state index is 0.0789. The highest BCUT2D eigenvalue weighted by molar-refractivity contribution is 5.84. The Bertz CT molecular complexity index is 1020. The van der Waals surface area contributed by atoms with Gasteiger partial charge in [0.15, 0.2) is 6.61 Å². The molecule has 0 aliphatic carbocycles. The number of hydrogen-bond acceptors (Lipinski definition) is 3. The SMILES string of the molecule is Cc1ccccc1OCC(=O)N/N=C\c1cc(C)n(-c2ccccc2C)c1C. The Morgan fingerprint density at radius 1 is 1.04 bits per heavy atom. The van der Waals surface area contributed by atoms with E-state index in [0.29, 0.717) is 5.75 Å². The Hall–Kier alpha value is -3.34. The van der Waals surface area contributed by atoms with E-state index in [0.717, 1.165) is 28.2 Å². The summed E-state index contributed by atoms with van der Waals surface area (Å²) in [5.41, 5.74) is 9.00. The molecule has 5 heteroatoms. The predicted molar refractivity (Wildman–Crippen MR) is 112 cm³/mol. The number of ether oxygens (including phenoxy) is 1. The van der Waals surface area contributed by atoms with Crippen molar-refractivity contribution in [2.24, 2.45) is 5.10 Å². The van der Waals surface area contributed by atoms with E-state index in [9.17, 15) is 4.79 Å². The van der Waals surface area contributed by atoms with E-state index in [1.165, 1.54) is 5.56 Å². The van der Waals surface area contributed by atoms with Gasteiger partial charge in [-0.2, -0.15) is 5.10 Å². The minimum Gasteiger partial charge on any atom is -0.483 e. The summed E-state index contributed by atoms with van der Waals surface area (Å²) < 4.78 is 7.72. The monoisotopic (exact) mass is 375 g/mol. The van der Waals surface area contributed by atoms with Gasteiger partial charge in [-0.15, -0.1) is 0 Å². The number of para-hydroxylation sites is 2. The second-order valence-corrected chi connectivity index (χ2v) is 6.80. The van der Waals surface area contributed by atoms with Crippen molar-refractivity contribution in [2.75, 3.05) is 6.61 Å². The van der Waals surface area contributed by atoms with Crippen LogP contribution in [0.3, 0.4) is 0 Å². The third-order valence-corrected chi connectivity index (χ3v) is 4.67. The lowest BCUT2D eigenvalue weighted by atomic mass is 10.2. The van der Waals surface area contributed by atoms with Gasteiger partial charge in [0.25, 0.3) is 5.91 Å². The van der Waals surface area contributed by atoms with Crippen LogP contribution in [0, 0.1) is 27.7 Å². The molecule has 0 bridgehead atoms. The van der Waals surface area contributed by atoms with Crippen molar-refractivity contribution in [3.63, 3.8) is 0 Å². The van der Waals surface area contributed by atoms with Gasteiger partial charge < -0.3 is 9.30 Å². The molecule has 3 aromatic rings. The molecule has 0 aliphatic rings. The highest BCUT2D eigenvalue weighted by Gasteiger charge is 2.11. The van der Waals surface area contributed by atoms with E-state index in [4.69, 9.17) is 4.74 Å². The largest absolute Gasteiger partial charge is 0.483 e. The van der Waals surface area contributed by atoms with E-state index < -0.39 is 0 Å². The maximum atomic E-state index is 12.0. The lowest BCUT2D eigenvalue weighted by Gasteiger charge is -2.12. The van der Waals surface area contributed by atoms with Gasteiger partial charge in [-0.3, -0.25) is 4.79 Å². The summed E-state index contributed by atoms with van der Waals surface area (Å²) in [6.07, 6.45) is 1.67. The Morgan fingerprint density at radius 2 is 1.71 bits per heavy atom. The summed E-state index contributed by atoms with van der Waals surface area (Å²) in [4.78, 5) is 12.0. The van der Waals surface area contributed by atoms with Gasteiger partial charge in [-0.25, -0.2) is 5.43 Å². The fourth-order valence-electron chi connectivity index (χ4n) is 3.17. The fraction of sp³-hybridized carbons (Fsp3) is 0.217. The summed E-state index contributed by atoms with van der Waals surface area (Å²) in [5.74, 6) is 0.399. The van der Waals surface area contributed by atoms with Crippen LogP contribution in [-0.4, -0.2) is 23.3 Å². The first-order chi connectivity index (χ1) is 13.5. The second kappa shape index (κ2) is 8.57. The van der Waals surface area contributed by atoms with Crippen molar-refractivity contribution < 1.29 is 9.53 Å². The van der Waals surface area contributed by atoms with Crippen molar-refractivity contribution in [3.8, 4) is 11.4 Å². The lowest BCUT2D eigenvalue weighted by Crippen LogP contribution is -2.24. The molecule has 5 nitrogen and oxygen atoms in total. The molecule has 0 aliphatic heterocycles. The topological polar surface area (TPSA) is 55.6 Å². The first-order valence-corrected chi connectivity index (χ1v) is 9.22. The minimum atomic E-state index is -0.299. The van der Waals surface area contributed by atoms with Crippen molar-refractivity contribution in [1.29, 1.82) is 0 Å². The van der Waals surface area contributed by atoms with E-state index in [1.54, 1.807) is 6.21 Å². The lowest BCUT2D eigenvalue weighted by molar-refractivity contribution is -0.123. The van der Waals surface area contributed by atoms with Crippen LogP contribution in [0.2, 0.25) is 0 Å². The number of carbonyl (C=O) groups is 1. The average molecular weight is 375 g/mol. The van der Waals surface area contributed by atoms with Crippen LogP contribution in [0.1, 0.15) is 28.1 Å². The maximum absolute atomic E-state index is 12.0. The first-order valence-electron chi connectivity index (χ1n) is 9.22. The van der Waals surface area contributed by atoms with Crippen molar-refractivity contribution >= 4 is 12.1 Å². The van der Waals surface area contributed by atoms with E-state index >= 15 is 0 Å². The summed E-state index contributed by atoms with van der Waals surface area (Å²) >= 11 is 0. The zero-order chi connectivity index (χ0) is 20.1. The highest BCUT2D eigenvalue weighted by Crippen LogP contribution is 2.22. The number of rotatable bonds is 6. The number of nitrogens with one attached hydrogen (secondary N) is 1. The van der Waals surface area contributed by atoms with Crippen LogP contribution in [0.15, 0.2) is 59.7 Å². The Labute approximate surface area is 165 Å². The number of nitrogens with zero attached hydrogens (tertiary/aromatic N) is 2. The molecule has 0 radical (unpaired) electrons. The number of hydrogen-bond donors (Lipinski definition) is 1. The molecule has 2 aromatic carbocycles. The van der Waals surface area contributed by atoms with Crippen molar-refractivity contribution in [3.05, 3.63) is 82.7 Å². The number of benzene rings is 2. The number of amides is 1. The van der Waals surface area contributed by atoms with Gasteiger partial charge in [0.05, 0.1) is 6.21 Å². The van der Waals surface area contributed by atoms with Gasteiger partial charge in [0.2, 0.25) is 0 Å². The molecule has 0 saturated carbocycles. The third kappa shape index (κ3) is 4.31. The van der Waals surface area contributed by atoms with Crippen LogP contribution in [0.25, 0.3) is 5.69 Å². The Kier molecular flexibility index (Phi) is 5.94. The van der Waals surface area contributed by atoms with Gasteiger partial charge in [-0.1, -0.05) is 36.4 Å². The van der Waals surface area contributed by atoms with Crippen LogP contribution in [-0.2, 0) is 4.79 Å². The quantitative estimate of drug-likeness (QED) is 0.517. The molecule has 0 saturated heterocycles. The molecule has 0 unspecified atom stereocenters. The standard InChI is InChI=1S/C23H25N3O2/c1-16-9-5-7-11-21(16)26-18(3)13-20(19(26)4)14-24-25-23(27)15-28-22-12-8-6-10-17(22)2/h5-14H,15H2,1-4H3,(H,25,27)/b24-14-. The van der Waals surface area contributed by atoms with Crippen LogP contribution in [0.5, 0.6) is 5.75 Å². The van der Waals surface area contributed by atoms with Gasteiger partial charge >= 0.3 is 0 Å². The van der Waals surface area contributed by atoms with Crippen LogP contribution >= 0.6 is 0 Å².